The Morgan fingerprint density at radius 1 is 0.912 bits per heavy atom. The Bertz CT molecular complexity index is 816. The Morgan fingerprint density at radius 3 is 1.91 bits per heavy atom. The first-order chi connectivity index (χ1) is 16.0. The number of hydrogen-bond donors (Lipinski definition) is 2. The van der Waals surface area contributed by atoms with Crippen LogP contribution in [-0.2, 0) is 4.74 Å². The lowest BCUT2D eigenvalue weighted by atomic mass is 9.87. The number of benzene rings is 2. The first kappa shape index (κ1) is 27.8. The summed E-state index contributed by atoms with van der Waals surface area (Å²) in [5, 5.41) is 6.42. The minimum Gasteiger partial charge on any atom is -0.444 e. The Hall–Kier alpha value is -2.47. The molecule has 2 N–H and O–H groups in total. The van der Waals surface area contributed by atoms with Crippen LogP contribution in [0, 0.1) is 23.5 Å². The standard InChI is InChI=1S/C28H40F2N2O2/c1-20(2)17-21(19-32-27(33)34-28(3,4)5)18-31-16-6-7-26(22-8-12-24(29)13-9-22)23-10-14-25(30)15-11-23/h8-15,20-21,26,31H,6-7,16-19H2,1-5H3,(H,32,33). The van der Waals surface area contributed by atoms with Gasteiger partial charge in [-0.15, -0.1) is 0 Å². The summed E-state index contributed by atoms with van der Waals surface area (Å²) in [5.41, 5.74) is 1.53. The Kier molecular flexibility index (Phi) is 11.0. The molecule has 0 fully saturated rings. The molecule has 1 amide bonds. The highest BCUT2D eigenvalue weighted by Gasteiger charge is 2.18. The third-order valence-corrected chi connectivity index (χ3v) is 5.56. The average Bonchev–Trinajstić information content (AvgIpc) is 2.74. The van der Waals surface area contributed by atoms with E-state index in [-0.39, 0.29) is 23.6 Å². The van der Waals surface area contributed by atoms with Gasteiger partial charge in [-0.25, -0.2) is 13.6 Å². The van der Waals surface area contributed by atoms with Crippen LogP contribution in [-0.4, -0.2) is 31.3 Å². The van der Waals surface area contributed by atoms with Gasteiger partial charge in [0.2, 0.25) is 0 Å². The molecule has 1 atom stereocenters. The molecule has 4 nitrogen and oxygen atoms in total. The minimum atomic E-state index is -0.512. The molecule has 0 aliphatic heterocycles. The summed E-state index contributed by atoms with van der Waals surface area (Å²) in [4.78, 5) is 12.0. The van der Waals surface area contributed by atoms with E-state index >= 15 is 0 Å². The molecule has 1 unspecified atom stereocenters. The molecule has 2 aromatic rings. The number of rotatable bonds is 12. The molecule has 0 saturated carbocycles. The van der Waals surface area contributed by atoms with Crippen LogP contribution < -0.4 is 10.6 Å². The molecule has 6 heteroatoms. The van der Waals surface area contributed by atoms with Crippen LogP contribution >= 0.6 is 0 Å². The molecular formula is C28H40F2N2O2. The topological polar surface area (TPSA) is 50.4 Å². The van der Waals surface area contributed by atoms with Crippen molar-refractivity contribution in [1.82, 2.24) is 10.6 Å². The van der Waals surface area contributed by atoms with E-state index in [2.05, 4.69) is 24.5 Å². The zero-order valence-electron chi connectivity index (χ0n) is 21.2. The minimum absolute atomic E-state index is 0.0725. The summed E-state index contributed by atoms with van der Waals surface area (Å²) in [6, 6.07) is 13.1. The summed E-state index contributed by atoms with van der Waals surface area (Å²) in [5.74, 6) is 0.369. The fourth-order valence-corrected chi connectivity index (χ4v) is 4.10. The monoisotopic (exact) mass is 474 g/mol. The zero-order chi connectivity index (χ0) is 25.1. The van der Waals surface area contributed by atoms with Crippen LogP contribution in [0.5, 0.6) is 0 Å². The van der Waals surface area contributed by atoms with Crippen molar-refractivity contribution in [2.45, 2.75) is 65.4 Å². The maximum Gasteiger partial charge on any atom is 0.407 e. The van der Waals surface area contributed by atoms with Gasteiger partial charge in [0, 0.05) is 12.5 Å². The Balaban J connectivity index is 1.88. The van der Waals surface area contributed by atoms with E-state index in [1.54, 1.807) is 24.3 Å². The van der Waals surface area contributed by atoms with Crippen LogP contribution in [0.15, 0.2) is 48.5 Å². The lowest BCUT2D eigenvalue weighted by molar-refractivity contribution is 0.0517. The highest BCUT2D eigenvalue weighted by atomic mass is 19.1. The quantitative estimate of drug-likeness (QED) is 0.339. The van der Waals surface area contributed by atoms with Crippen LogP contribution in [0.4, 0.5) is 13.6 Å². The number of amides is 1. The normalized spacial score (nSPS) is 12.7. The molecule has 188 valence electrons. The molecular weight excluding hydrogens is 434 g/mol. The number of halogens is 2. The van der Waals surface area contributed by atoms with Crippen molar-refractivity contribution >= 4 is 6.09 Å². The molecule has 2 rings (SSSR count). The molecule has 2 aromatic carbocycles. The molecule has 34 heavy (non-hydrogen) atoms. The SMILES string of the molecule is CC(C)CC(CNCCCC(c1ccc(F)cc1)c1ccc(F)cc1)CNC(=O)OC(C)(C)C. The molecule has 0 aliphatic rings. The van der Waals surface area contributed by atoms with Gasteiger partial charge in [-0.05, 0) is 100 Å². The van der Waals surface area contributed by atoms with E-state index in [4.69, 9.17) is 4.74 Å². The molecule has 0 radical (unpaired) electrons. The van der Waals surface area contributed by atoms with E-state index in [1.807, 2.05) is 20.8 Å². The van der Waals surface area contributed by atoms with Crippen molar-refractivity contribution < 1.29 is 18.3 Å². The molecule has 0 aromatic heterocycles. The molecule has 0 heterocycles. The van der Waals surface area contributed by atoms with Gasteiger partial charge in [0.15, 0.2) is 0 Å². The van der Waals surface area contributed by atoms with E-state index in [9.17, 15) is 13.6 Å². The second-order valence-corrected chi connectivity index (χ2v) is 10.4. The Morgan fingerprint density at radius 2 is 1.44 bits per heavy atom. The summed E-state index contributed by atoms with van der Waals surface area (Å²) in [6.45, 7) is 12.1. The molecule has 0 spiro atoms. The van der Waals surface area contributed by atoms with Crippen molar-refractivity contribution in [2.75, 3.05) is 19.6 Å². The Labute approximate surface area is 203 Å². The molecule has 0 saturated heterocycles. The van der Waals surface area contributed by atoms with Gasteiger partial charge in [-0.2, -0.15) is 0 Å². The number of nitrogens with one attached hydrogen (secondary N) is 2. The van der Waals surface area contributed by atoms with Gasteiger partial charge in [-0.1, -0.05) is 38.1 Å². The van der Waals surface area contributed by atoms with E-state index in [0.717, 1.165) is 43.5 Å². The van der Waals surface area contributed by atoms with Gasteiger partial charge in [0.1, 0.15) is 17.2 Å². The van der Waals surface area contributed by atoms with Crippen molar-refractivity contribution in [3.63, 3.8) is 0 Å². The third-order valence-electron chi connectivity index (χ3n) is 5.56. The van der Waals surface area contributed by atoms with Crippen LogP contribution in [0.3, 0.4) is 0 Å². The average molecular weight is 475 g/mol. The van der Waals surface area contributed by atoms with Gasteiger partial charge >= 0.3 is 6.09 Å². The maximum atomic E-state index is 13.4. The van der Waals surface area contributed by atoms with Crippen LogP contribution in [0.1, 0.15) is 70.9 Å². The van der Waals surface area contributed by atoms with Gasteiger partial charge in [-0.3, -0.25) is 0 Å². The first-order valence-corrected chi connectivity index (χ1v) is 12.2. The lowest BCUT2D eigenvalue weighted by Gasteiger charge is -2.23. The fraction of sp³-hybridized carbons (Fsp3) is 0.536. The predicted octanol–water partition coefficient (Wildman–Crippen LogP) is 6.65. The van der Waals surface area contributed by atoms with E-state index in [1.165, 1.54) is 24.3 Å². The summed E-state index contributed by atoms with van der Waals surface area (Å²) < 4.78 is 32.2. The number of hydrogen-bond acceptors (Lipinski definition) is 3. The van der Waals surface area contributed by atoms with Crippen molar-refractivity contribution in [3.8, 4) is 0 Å². The summed E-state index contributed by atoms with van der Waals surface area (Å²) >= 11 is 0. The second kappa shape index (κ2) is 13.4. The highest BCUT2D eigenvalue weighted by Crippen LogP contribution is 2.29. The number of carbonyl (C=O) groups excluding carboxylic acids is 1. The van der Waals surface area contributed by atoms with Gasteiger partial charge < -0.3 is 15.4 Å². The van der Waals surface area contributed by atoms with Gasteiger partial charge in [0.05, 0.1) is 0 Å². The largest absolute Gasteiger partial charge is 0.444 e. The maximum absolute atomic E-state index is 13.4. The number of carbonyl (C=O) groups is 1. The third kappa shape index (κ3) is 10.6. The van der Waals surface area contributed by atoms with E-state index in [0.29, 0.717) is 18.4 Å². The summed E-state index contributed by atoms with van der Waals surface area (Å²) in [6.07, 6.45) is 2.38. The molecule has 0 bridgehead atoms. The smallest absolute Gasteiger partial charge is 0.407 e. The predicted molar refractivity (Wildman–Crippen MR) is 134 cm³/mol. The van der Waals surface area contributed by atoms with E-state index < -0.39 is 5.60 Å². The van der Waals surface area contributed by atoms with Crippen LogP contribution in [0.25, 0.3) is 0 Å². The van der Waals surface area contributed by atoms with Crippen molar-refractivity contribution in [1.29, 1.82) is 0 Å². The highest BCUT2D eigenvalue weighted by molar-refractivity contribution is 5.67. The number of ether oxygens (including phenoxy) is 1. The van der Waals surface area contributed by atoms with Gasteiger partial charge in [0.25, 0.3) is 0 Å². The van der Waals surface area contributed by atoms with Crippen molar-refractivity contribution in [2.24, 2.45) is 11.8 Å². The summed E-state index contributed by atoms with van der Waals surface area (Å²) in [7, 11) is 0. The number of alkyl carbamates (subject to hydrolysis) is 1. The second-order valence-electron chi connectivity index (χ2n) is 10.4. The zero-order valence-corrected chi connectivity index (χ0v) is 21.2. The van der Waals surface area contributed by atoms with Crippen molar-refractivity contribution in [3.05, 3.63) is 71.3 Å². The first-order valence-electron chi connectivity index (χ1n) is 12.2. The fourth-order valence-electron chi connectivity index (χ4n) is 4.10. The molecule has 0 aliphatic carbocycles. The lowest BCUT2D eigenvalue weighted by Crippen LogP contribution is -2.38. The van der Waals surface area contributed by atoms with Crippen LogP contribution in [0.2, 0.25) is 0 Å².